The van der Waals surface area contributed by atoms with Crippen molar-refractivity contribution in [2.75, 3.05) is 4.72 Å². The fourth-order valence-electron chi connectivity index (χ4n) is 5.06. The molecule has 2 aromatic carbocycles. The number of pyridine rings is 2. The largest absolute Gasteiger partial charge is 0.480 e. The molecule has 1 amide bonds. The zero-order chi connectivity index (χ0) is 34.9. The van der Waals surface area contributed by atoms with E-state index in [2.05, 4.69) is 25.3 Å². The highest BCUT2D eigenvalue weighted by Crippen LogP contribution is 2.25. The van der Waals surface area contributed by atoms with E-state index in [0.29, 0.717) is 39.8 Å². The minimum atomic E-state index is -4.38. The summed E-state index contributed by atoms with van der Waals surface area (Å²) in [5.41, 5.74) is 0.506. The molecule has 4 heterocycles. The van der Waals surface area contributed by atoms with Crippen molar-refractivity contribution in [1.29, 1.82) is 0 Å². The summed E-state index contributed by atoms with van der Waals surface area (Å²) in [6.07, 6.45) is 8.46. The average Bonchev–Trinajstić information content (AvgIpc) is 3.35. The number of benzene rings is 2. The van der Waals surface area contributed by atoms with Gasteiger partial charge < -0.3 is 10.4 Å². The van der Waals surface area contributed by atoms with Crippen LogP contribution in [0.2, 0.25) is 0 Å². The van der Waals surface area contributed by atoms with Crippen LogP contribution in [0.15, 0.2) is 102 Å². The highest BCUT2D eigenvalue weighted by atomic mass is 32.2. The second-order valence-electron chi connectivity index (χ2n) is 10.7. The molecule has 0 saturated carbocycles. The Labute approximate surface area is 275 Å². The van der Waals surface area contributed by atoms with Crippen molar-refractivity contribution in [2.24, 2.45) is 7.05 Å². The lowest BCUT2D eigenvalue weighted by Crippen LogP contribution is -2.42. The lowest BCUT2D eigenvalue weighted by Gasteiger charge is -2.16. The number of hydrogen-bond acceptors (Lipinski definition) is 9. The number of aromatic nitrogens is 6. The first-order chi connectivity index (χ1) is 23.4. The predicted molar refractivity (Wildman–Crippen MR) is 171 cm³/mol. The zero-order valence-electron chi connectivity index (χ0n) is 25.3. The minimum absolute atomic E-state index is 0.214. The summed E-state index contributed by atoms with van der Waals surface area (Å²) in [5, 5.41) is 12.3. The lowest BCUT2D eigenvalue weighted by atomic mass is 10.1. The SMILES string of the molecule is Cn1c2cnccc2c(=O)n1-c1ccc(C[C@H](NC(=O)c2cc(F)c(NS(=O)(=O)c3ccc(-c4cncnc4)cc3)cc2F)C(=O)O)nc1. The molecule has 0 radical (unpaired) electrons. The first kappa shape index (κ1) is 32.6. The summed E-state index contributed by atoms with van der Waals surface area (Å²) in [4.78, 5) is 53.6. The number of halogens is 2. The van der Waals surface area contributed by atoms with Crippen LogP contribution >= 0.6 is 0 Å². The van der Waals surface area contributed by atoms with Crippen molar-refractivity contribution in [1.82, 2.24) is 34.6 Å². The molecule has 17 heteroatoms. The molecule has 6 aromatic rings. The van der Waals surface area contributed by atoms with E-state index < -0.39 is 50.8 Å². The van der Waals surface area contributed by atoms with Gasteiger partial charge in [0, 0.05) is 49.4 Å². The Bertz CT molecular complexity index is 2380. The number of carbonyl (C=O) groups is 2. The second-order valence-corrected chi connectivity index (χ2v) is 12.4. The molecule has 0 aliphatic rings. The highest BCUT2D eigenvalue weighted by Gasteiger charge is 2.26. The number of carboxylic acid groups (broad SMARTS) is 1. The molecular weight excluding hydrogens is 662 g/mol. The van der Waals surface area contributed by atoms with Crippen LogP contribution in [0.1, 0.15) is 16.1 Å². The Morgan fingerprint density at radius 1 is 0.918 bits per heavy atom. The Hall–Kier alpha value is -6.36. The minimum Gasteiger partial charge on any atom is -0.480 e. The standard InChI is InChI=1S/C32H24F2N8O6S/c1-41-29-16-35-9-8-23(29)31(44)42(41)21-5-4-20(38-15-21)10-28(32(45)46)39-30(43)24-11-26(34)27(12-25(24)33)40-49(47,48)22-6-2-18(3-7-22)19-13-36-17-37-14-19/h2-9,11-17,28,40H,10H2,1H3,(H,39,43)(H,45,46)/t28-/m0/s1. The Balaban J connectivity index is 1.15. The van der Waals surface area contributed by atoms with Crippen molar-refractivity contribution in [3.63, 3.8) is 0 Å². The third kappa shape index (κ3) is 6.59. The number of aliphatic carboxylic acids is 1. The predicted octanol–water partition coefficient (Wildman–Crippen LogP) is 3.08. The van der Waals surface area contributed by atoms with Gasteiger partial charge in [0.2, 0.25) is 0 Å². The molecule has 14 nitrogen and oxygen atoms in total. The summed E-state index contributed by atoms with van der Waals surface area (Å²) < 4.78 is 60.8. The van der Waals surface area contributed by atoms with Gasteiger partial charge in [0.05, 0.1) is 45.1 Å². The van der Waals surface area contributed by atoms with Gasteiger partial charge in [-0.2, -0.15) is 0 Å². The maximum absolute atomic E-state index is 15.1. The number of rotatable bonds is 10. The summed E-state index contributed by atoms with van der Waals surface area (Å²) >= 11 is 0. The Morgan fingerprint density at radius 3 is 2.31 bits per heavy atom. The smallest absolute Gasteiger partial charge is 0.326 e. The number of nitrogens with one attached hydrogen (secondary N) is 2. The number of fused-ring (bicyclic) bond motifs is 1. The van der Waals surface area contributed by atoms with Crippen LogP contribution in [0, 0.1) is 11.6 Å². The summed E-state index contributed by atoms with van der Waals surface area (Å²) in [6.45, 7) is 0. The Kier molecular flexibility index (Phi) is 8.66. The van der Waals surface area contributed by atoms with Crippen LogP contribution < -0.4 is 15.6 Å². The highest BCUT2D eigenvalue weighted by molar-refractivity contribution is 7.92. The number of anilines is 1. The molecule has 0 fully saturated rings. The van der Waals surface area contributed by atoms with Crippen LogP contribution in [0.4, 0.5) is 14.5 Å². The molecule has 3 N–H and O–H groups in total. The van der Waals surface area contributed by atoms with Gasteiger partial charge in [-0.1, -0.05) is 12.1 Å². The Morgan fingerprint density at radius 2 is 1.65 bits per heavy atom. The van der Waals surface area contributed by atoms with Gasteiger partial charge in [-0.25, -0.2) is 36.6 Å². The zero-order valence-corrected chi connectivity index (χ0v) is 26.1. The number of amides is 1. The van der Waals surface area contributed by atoms with E-state index in [-0.39, 0.29) is 22.6 Å². The van der Waals surface area contributed by atoms with Crippen LogP contribution in [0.3, 0.4) is 0 Å². The molecule has 4 aromatic heterocycles. The third-order valence-corrected chi connectivity index (χ3v) is 8.93. The number of aryl methyl sites for hydroxylation is 1. The van der Waals surface area contributed by atoms with E-state index in [4.69, 9.17) is 0 Å². The maximum Gasteiger partial charge on any atom is 0.326 e. The van der Waals surface area contributed by atoms with Crippen molar-refractivity contribution < 1.29 is 31.9 Å². The monoisotopic (exact) mass is 686 g/mol. The van der Waals surface area contributed by atoms with Gasteiger partial charge in [-0.3, -0.25) is 29.0 Å². The molecule has 0 spiro atoms. The normalized spacial score (nSPS) is 12.1. The van der Waals surface area contributed by atoms with Crippen molar-refractivity contribution in [2.45, 2.75) is 17.4 Å². The fraction of sp³-hybridized carbons (Fsp3) is 0.0938. The quantitative estimate of drug-likeness (QED) is 0.193. The van der Waals surface area contributed by atoms with E-state index in [1.807, 2.05) is 4.72 Å². The van der Waals surface area contributed by atoms with Crippen LogP contribution in [-0.2, 0) is 28.3 Å². The van der Waals surface area contributed by atoms with E-state index in [0.717, 1.165) is 0 Å². The molecule has 6 rings (SSSR count). The third-order valence-electron chi connectivity index (χ3n) is 7.55. The number of hydrogen-bond donors (Lipinski definition) is 3. The molecule has 49 heavy (non-hydrogen) atoms. The van der Waals surface area contributed by atoms with Crippen LogP contribution in [0.5, 0.6) is 0 Å². The van der Waals surface area contributed by atoms with Gasteiger partial charge >= 0.3 is 5.97 Å². The first-order valence-corrected chi connectivity index (χ1v) is 15.8. The number of sulfonamides is 1. The van der Waals surface area contributed by atoms with Crippen molar-refractivity contribution >= 4 is 38.5 Å². The van der Waals surface area contributed by atoms with Crippen LogP contribution in [0.25, 0.3) is 27.7 Å². The molecule has 0 saturated heterocycles. The molecule has 0 aliphatic carbocycles. The van der Waals surface area contributed by atoms with Gasteiger partial charge in [-0.05, 0) is 42.0 Å². The number of carbonyl (C=O) groups excluding carboxylic acids is 1. The van der Waals surface area contributed by atoms with E-state index in [1.54, 1.807) is 24.0 Å². The van der Waals surface area contributed by atoms with Crippen molar-refractivity contribution in [3.05, 3.63) is 125 Å². The van der Waals surface area contributed by atoms with E-state index >= 15 is 8.78 Å². The van der Waals surface area contributed by atoms with Gasteiger partial charge in [0.1, 0.15) is 24.0 Å². The maximum atomic E-state index is 15.1. The van der Waals surface area contributed by atoms with Gasteiger partial charge in [0.15, 0.2) is 0 Å². The van der Waals surface area contributed by atoms with Crippen molar-refractivity contribution in [3.8, 4) is 16.8 Å². The number of carboxylic acids is 1. The topological polar surface area (TPSA) is 191 Å². The lowest BCUT2D eigenvalue weighted by molar-refractivity contribution is -0.139. The molecule has 248 valence electrons. The second kappa shape index (κ2) is 13.0. The van der Waals surface area contributed by atoms with Gasteiger partial charge in [0.25, 0.3) is 21.5 Å². The van der Waals surface area contributed by atoms with E-state index in [1.165, 1.54) is 72.2 Å². The van der Waals surface area contributed by atoms with Crippen LogP contribution in [-0.4, -0.2) is 60.7 Å². The molecule has 0 unspecified atom stereocenters. The number of nitrogens with zero attached hydrogens (tertiary/aromatic N) is 6. The van der Waals surface area contributed by atoms with E-state index in [9.17, 15) is 27.9 Å². The molecule has 0 bridgehead atoms. The first-order valence-electron chi connectivity index (χ1n) is 14.3. The average molecular weight is 687 g/mol. The molecular formula is C32H24F2N8O6S. The summed E-state index contributed by atoms with van der Waals surface area (Å²) in [7, 11) is -2.71. The van der Waals surface area contributed by atoms with Gasteiger partial charge in [-0.15, -0.1) is 0 Å². The molecule has 1 atom stereocenters. The molecule has 0 aliphatic heterocycles. The fourth-order valence-corrected chi connectivity index (χ4v) is 6.12. The summed E-state index contributed by atoms with van der Waals surface area (Å²) in [6, 6.07) is 9.43. The summed E-state index contributed by atoms with van der Waals surface area (Å²) in [5.74, 6) is -5.33.